The zero-order valence-corrected chi connectivity index (χ0v) is 11.6. The van der Waals surface area contributed by atoms with Crippen LogP contribution in [0, 0.1) is 6.92 Å². The smallest absolute Gasteiger partial charge is 0.108 e. The van der Waals surface area contributed by atoms with Gasteiger partial charge in [-0.25, -0.2) is 4.98 Å². The van der Waals surface area contributed by atoms with Crippen LogP contribution in [0.5, 0.6) is 0 Å². The molecule has 0 bridgehead atoms. The minimum Gasteiger partial charge on any atom is -0.469 e. The van der Waals surface area contributed by atoms with E-state index in [0.717, 1.165) is 22.9 Å². The number of nitrogens with one attached hydrogen (secondary N) is 1. The predicted molar refractivity (Wildman–Crippen MR) is 72.8 cm³/mol. The summed E-state index contributed by atoms with van der Waals surface area (Å²) in [5.41, 5.74) is 2.48. The summed E-state index contributed by atoms with van der Waals surface area (Å²) < 4.78 is 5.52. The number of aromatic nitrogens is 1. The summed E-state index contributed by atoms with van der Waals surface area (Å²) in [6, 6.07) is 2.80. The highest BCUT2D eigenvalue weighted by Gasteiger charge is 2.24. The summed E-state index contributed by atoms with van der Waals surface area (Å²) in [6.45, 7) is 4.23. The molecule has 0 amide bonds. The Balaban J connectivity index is 1.74. The molecule has 0 fully saturated rings. The maximum Gasteiger partial charge on any atom is 0.108 e. The van der Waals surface area contributed by atoms with E-state index in [2.05, 4.69) is 35.6 Å². The van der Waals surface area contributed by atoms with Gasteiger partial charge >= 0.3 is 0 Å². The molecule has 3 nitrogen and oxygen atoms in total. The van der Waals surface area contributed by atoms with Gasteiger partial charge in [0.1, 0.15) is 5.76 Å². The van der Waals surface area contributed by atoms with E-state index in [4.69, 9.17) is 4.42 Å². The number of fused-ring (bicyclic) bond motifs is 1. The molecule has 2 aromatic heterocycles. The molecule has 0 saturated carbocycles. The zero-order chi connectivity index (χ0) is 12.5. The molecule has 0 aliphatic heterocycles. The normalized spacial score (nSPS) is 20.7. The van der Waals surface area contributed by atoms with Gasteiger partial charge in [0.15, 0.2) is 0 Å². The van der Waals surface area contributed by atoms with E-state index in [0.29, 0.717) is 12.1 Å². The lowest BCUT2D eigenvalue weighted by Crippen LogP contribution is -2.27. The Bertz CT molecular complexity index is 531. The molecule has 0 radical (unpaired) electrons. The van der Waals surface area contributed by atoms with Crippen LogP contribution in [0.25, 0.3) is 0 Å². The van der Waals surface area contributed by atoms with Crippen molar-refractivity contribution in [3.05, 3.63) is 39.7 Å². The molecule has 96 valence electrons. The molecule has 1 aliphatic carbocycles. The van der Waals surface area contributed by atoms with Crippen LogP contribution in [0.3, 0.4) is 0 Å². The summed E-state index contributed by atoms with van der Waals surface area (Å²) >= 11 is 1.71. The molecular weight excluding hydrogens is 244 g/mol. The summed E-state index contributed by atoms with van der Waals surface area (Å²) in [6.07, 6.45) is 5.26. The van der Waals surface area contributed by atoms with Gasteiger partial charge in [0.05, 0.1) is 17.0 Å². The van der Waals surface area contributed by atoms with Crippen molar-refractivity contribution < 1.29 is 4.42 Å². The van der Waals surface area contributed by atoms with E-state index in [9.17, 15) is 0 Å². The number of aryl methyl sites for hydroxylation is 2. The average molecular weight is 262 g/mol. The molecule has 2 unspecified atom stereocenters. The van der Waals surface area contributed by atoms with E-state index in [1.165, 1.54) is 18.4 Å². The third-order valence-electron chi connectivity index (χ3n) is 3.58. The summed E-state index contributed by atoms with van der Waals surface area (Å²) in [5, 5.41) is 6.95. The maximum atomic E-state index is 5.52. The minimum absolute atomic E-state index is 0.292. The quantitative estimate of drug-likeness (QED) is 0.915. The molecule has 1 aliphatic rings. The van der Waals surface area contributed by atoms with Gasteiger partial charge in [0, 0.05) is 29.4 Å². The standard InChI is InChI=1S/C14H18N2OS/c1-9(13-8-18-10(2)16-13)15-12-4-3-5-14-11(12)6-7-17-14/h6-9,12,15H,3-5H2,1-2H3. The third-order valence-corrected chi connectivity index (χ3v) is 4.38. The van der Waals surface area contributed by atoms with Gasteiger partial charge in [-0.1, -0.05) is 0 Å². The summed E-state index contributed by atoms with van der Waals surface area (Å²) in [7, 11) is 0. The van der Waals surface area contributed by atoms with Crippen molar-refractivity contribution in [2.75, 3.05) is 0 Å². The molecule has 2 aromatic rings. The Morgan fingerprint density at radius 2 is 2.44 bits per heavy atom. The van der Waals surface area contributed by atoms with Crippen LogP contribution in [0.2, 0.25) is 0 Å². The average Bonchev–Trinajstić information content (AvgIpc) is 2.97. The molecular formula is C14H18N2OS. The van der Waals surface area contributed by atoms with Crippen molar-refractivity contribution in [3.8, 4) is 0 Å². The van der Waals surface area contributed by atoms with Gasteiger partial charge in [-0.05, 0) is 32.8 Å². The van der Waals surface area contributed by atoms with Crippen LogP contribution in [-0.4, -0.2) is 4.98 Å². The second-order valence-corrected chi connectivity index (χ2v) is 5.99. The second-order valence-electron chi connectivity index (χ2n) is 4.92. The highest BCUT2D eigenvalue weighted by Crippen LogP contribution is 2.32. The zero-order valence-electron chi connectivity index (χ0n) is 10.8. The minimum atomic E-state index is 0.292. The number of furan rings is 1. The van der Waals surface area contributed by atoms with Crippen molar-refractivity contribution in [1.82, 2.24) is 10.3 Å². The highest BCUT2D eigenvalue weighted by atomic mass is 32.1. The van der Waals surface area contributed by atoms with Crippen molar-refractivity contribution in [3.63, 3.8) is 0 Å². The molecule has 2 atom stereocenters. The van der Waals surface area contributed by atoms with Crippen LogP contribution < -0.4 is 5.32 Å². The second kappa shape index (κ2) is 4.86. The molecule has 3 rings (SSSR count). The van der Waals surface area contributed by atoms with E-state index in [1.807, 2.05) is 6.26 Å². The van der Waals surface area contributed by atoms with Gasteiger partial charge < -0.3 is 9.73 Å². The summed E-state index contributed by atoms with van der Waals surface area (Å²) in [5.74, 6) is 1.15. The Kier molecular flexibility index (Phi) is 3.22. The van der Waals surface area contributed by atoms with Crippen LogP contribution in [0.1, 0.15) is 53.9 Å². The molecule has 0 saturated heterocycles. The van der Waals surface area contributed by atoms with Crippen molar-refractivity contribution in [1.29, 1.82) is 0 Å². The van der Waals surface area contributed by atoms with E-state index < -0.39 is 0 Å². The van der Waals surface area contributed by atoms with Gasteiger partial charge in [0.2, 0.25) is 0 Å². The Morgan fingerprint density at radius 1 is 1.56 bits per heavy atom. The monoisotopic (exact) mass is 262 g/mol. The van der Waals surface area contributed by atoms with E-state index in [1.54, 1.807) is 11.3 Å². The number of hydrogen-bond donors (Lipinski definition) is 1. The first-order valence-corrected chi connectivity index (χ1v) is 7.36. The number of nitrogens with zero attached hydrogens (tertiary/aromatic N) is 1. The molecule has 2 heterocycles. The van der Waals surface area contributed by atoms with Gasteiger partial charge in [-0.3, -0.25) is 0 Å². The molecule has 1 N–H and O–H groups in total. The fourth-order valence-electron chi connectivity index (χ4n) is 2.63. The Labute approximate surface area is 111 Å². The first kappa shape index (κ1) is 11.9. The lowest BCUT2D eigenvalue weighted by molar-refractivity contribution is 0.383. The SMILES string of the molecule is Cc1nc(C(C)NC2CCCc3occc32)cs1. The van der Waals surface area contributed by atoms with E-state index >= 15 is 0 Å². The Morgan fingerprint density at radius 3 is 3.22 bits per heavy atom. The number of rotatable bonds is 3. The van der Waals surface area contributed by atoms with Crippen LogP contribution in [0.4, 0.5) is 0 Å². The van der Waals surface area contributed by atoms with Crippen molar-refractivity contribution in [2.45, 2.75) is 45.2 Å². The van der Waals surface area contributed by atoms with Gasteiger partial charge in [-0.15, -0.1) is 11.3 Å². The van der Waals surface area contributed by atoms with Gasteiger partial charge in [0.25, 0.3) is 0 Å². The fourth-order valence-corrected chi connectivity index (χ4v) is 3.33. The molecule has 4 heteroatoms. The van der Waals surface area contributed by atoms with E-state index in [-0.39, 0.29) is 0 Å². The lowest BCUT2D eigenvalue weighted by Gasteiger charge is -2.25. The third kappa shape index (κ3) is 2.22. The molecule has 18 heavy (non-hydrogen) atoms. The van der Waals surface area contributed by atoms with Crippen LogP contribution in [0.15, 0.2) is 22.1 Å². The largest absolute Gasteiger partial charge is 0.469 e. The topological polar surface area (TPSA) is 38.1 Å². The molecule has 0 aromatic carbocycles. The van der Waals surface area contributed by atoms with Crippen LogP contribution >= 0.6 is 11.3 Å². The van der Waals surface area contributed by atoms with Crippen molar-refractivity contribution in [2.24, 2.45) is 0 Å². The maximum absolute atomic E-state index is 5.52. The lowest BCUT2D eigenvalue weighted by atomic mass is 9.93. The first-order valence-electron chi connectivity index (χ1n) is 6.48. The first-order chi connectivity index (χ1) is 8.74. The highest BCUT2D eigenvalue weighted by molar-refractivity contribution is 7.09. The van der Waals surface area contributed by atoms with Crippen LogP contribution in [-0.2, 0) is 6.42 Å². The summed E-state index contributed by atoms with van der Waals surface area (Å²) in [4.78, 5) is 4.55. The van der Waals surface area contributed by atoms with Crippen molar-refractivity contribution >= 4 is 11.3 Å². The number of hydrogen-bond acceptors (Lipinski definition) is 4. The van der Waals surface area contributed by atoms with Gasteiger partial charge in [-0.2, -0.15) is 0 Å². The predicted octanol–water partition coefficient (Wildman–Crippen LogP) is 3.77. The fraction of sp³-hybridized carbons (Fsp3) is 0.500. The molecule has 0 spiro atoms. The number of thiazole rings is 1. The Hall–Kier alpha value is -1.13.